The van der Waals surface area contributed by atoms with E-state index in [1.54, 1.807) is 12.1 Å². The van der Waals surface area contributed by atoms with Crippen molar-refractivity contribution in [1.82, 2.24) is 0 Å². The van der Waals surface area contributed by atoms with Crippen LogP contribution in [0.3, 0.4) is 0 Å². The van der Waals surface area contributed by atoms with Crippen molar-refractivity contribution in [2.45, 2.75) is 25.4 Å². The summed E-state index contributed by atoms with van der Waals surface area (Å²) in [5.74, 6) is 0.578. The van der Waals surface area contributed by atoms with Crippen LogP contribution in [0.1, 0.15) is 24.8 Å². The van der Waals surface area contributed by atoms with E-state index in [9.17, 15) is 0 Å². The second kappa shape index (κ2) is 4.11. The predicted molar refractivity (Wildman–Crippen MR) is 60.7 cm³/mol. The lowest BCUT2D eigenvalue weighted by molar-refractivity contribution is 0.120. The van der Waals surface area contributed by atoms with Crippen molar-refractivity contribution in [1.29, 1.82) is 5.41 Å². The summed E-state index contributed by atoms with van der Waals surface area (Å²) in [5.41, 5.74) is 5.98. The molecule has 2 rings (SSSR count). The van der Waals surface area contributed by atoms with E-state index in [1.165, 1.54) is 6.42 Å². The third-order valence-corrected chi connectivity index (χ3v) is 2.91. The number of hydrogen-bond donors (Lipinski definition) is 2. The van der Waals surface area contributed by atoms with Gasteiger partial charge in [-0.3, -0.25) is 5.41 Å². The van der Waals surface area contributed by atoms with E-state index in [0.717, 1.165) is 12.8 Å². The Morgan fingerprint density at radius 3 is 2.73 bits per heavy atom. The fourth-order valence-electron chi connectivity index (χ4n) is 1.53. The van der Waals surface area contributed by atoms with Gasteiger partial charge >= 0.3 is 0 Å². The van der Waals surface area contributed by atoms with Crippen LogP contribution in [0.25, 0.3) is 0 Å². The molecule has 1 saturated carbocycles. The first kappa shape index (κ1) is 10.3. The maximum Gasteiger partial charge on any atom is 0.132 e. The molecule has 0 unspecified atom stereocenters. The normalized spacial score (nSPS) is 15.8. The standard InChI is InChI=1S/C11H13ClN2O/c12-8-5-2-6-9(10(8)11(13)14)15-7-3-1-4-7/h2,5-7H,1,3-4H2,(H3,13,14). The zero-order chi connectivity index (χ0) is 10.8. The van der Waals surface area contributed by atoms with Gasteiger partial charge in [0.25, 0.3) is 0 Å². The van der Waals surface area contributed by atoms with Crippen LogP contribution in [-0.4, -0.2) is 11.9 Å². The van der Waals surface area contributed by atoms with Crippen LogP contribution in [0.5, 0.6) is 5.75 Å². The second-order valence-electron chi connectivity index (χ2n) is 3.70. The average molecular weight is 225 g/mol. The minimum absolute atomic E-state index is 0.0464. The lowest BCUT2D eigenvalue weighted by Gasteiger charge is -2.27. The topological polar surface area (TPSA) is 59.1 Å². The SMILES string of the molecule is N=C(N)c1c(Cl)cccc1OC1CCC1. The maximum absolute atomic E-state index is 7.45. The number of rotatable bonds is 3. The molecule has 0 bridgehead atoms. The molecule has 0 atom stereocenters. The third kappa shape index (κ3) is 2.07. The molecule has 0 heterocycles. The van der Waals surface area contributed by atoms with Gasteiger partial charge in [-0.05, 0) is 31.4 Å². The van der Waals surface area contributed by atoms with E-state index < -0.39 is 0 Å². The van der Waals surface area contributed by atoms with Crippen molar-refractivity contribution in [3.05, 3.63) is 28.8 Å². The molecule has 0 radical (unpaired) electrons. The van der Waals surface area contributed by atoms with Gasteiger partial charge in [0.2, 0.25) is 0 Å². The highest BCUT2D eigenvalue weighted by Crippen LogP contribution is 2.30. The highest BCUT2D eigenvalue weighted by atomic mass is 35.5. The average Bonchev–Trinajstić information content (AvgIpc) is 2.10. The zero-order valence-corrected chi connectivity index (χ0v) is 9.05. The van der Waals surface area contributed by atoms with Gasteiger partial charge in [0, 0.05) is 0 Å². The Kier molecular flexibility index (Phi) is 2.82. The van der Waals surface area contributed by atoms with Crippen LogP contribution >= 0.6 is 11.6 Å². The fourth-order valence-corrected chi connectivity index (χ4v) is 1.80. The van der Waals surface area contributed by atoms with E-state index in [0.29, 0.717) is 16.3 Å². The summed E-state index contributed by atoms with van der Waals surface area (Å²) in [4.78, 5) is 0. The first-order chi connectivity index (χ1) is 7.18. The number of halogens is 1. The van der Waals surface area contributed by atoms with Crippen molar-refractivity contribution in [2.75, 3.05) is 0 Å². The van der Waals surface area contributed by atoms with E-state index in [-0.39, 0.29) is 11.9 Å². The largest absolute Gasteiger partial charge is 0.490 e. The monoisotopic (exact) mass is 224 g/mol. The molecule has 15 heavy (non-hydrogen) atoms. The van der Waals surface area contributed by atoms with Gasteiger partial charge in [0.15, 0.2) is 0 Å². The summed E-state index contributed by atoms with van der Waals surface area (Å²) in [6, 6.07) is 5.33. The molecule has 80 valence electrons. The van der Waals surface area contributed by atoms with Crippen LogP contribution in [0.2, 0.25) is 5.02 Å². The fraction of sp³-hybridized carbons (Fsp3) is 0.364. The molecule has 1 aromatic rings. The quantitative estimate of drug-likeness (QED) is 0.612. The Morgan fingerprint density at radius 2 is 2.20 bits per heavy atom. The Hall–Kier alpha value is -1.22. The van der Waals surface area contributed by atoms with Gasteiger partial charge in [-0.2, -0.15) is 0 Å². The minimum atomic E-state index is -0.0464. The highest BCUT2D eigenvalue weighted by molar-refractivity contribution is 6.34. The first-order valence-electron chi connectivity index (χ1n) is 4.98. The summed E-state index contributed by atoms with van der Waals surface area (Å²) in [6.07, 6.45) is 3.62. The summed E-state index contributed by atoms with van der Waals surface area (Å²) >= 11 is 5.97. The van der Waals surface area contributed by atoms with Crippen molar-refractivity contribution in [3.63, 3.8) is 0 Å². The first-order valence-corrected chi connectivity index (χ1v) is 5.36. The van der Waals surface area contributed by atoms with E-state index in [1.807, 2.05) is 6.07 Å². The molecule has 0 aromatic heterocycles. The van der Waals surface area contributed by atoms with Crippen molar-refractivity contribution < 1.29 is 4.74 Å². The highest BCUT2D eigenvalue weighted by Gasteiger charge is 2.21. The molecular weight excluding hydrogens is 212 g/mol. The number of hydrogen-bond acceptors (Lipinski definition) is 2. The van der Waals surface area contributed by atoms with Crippen LogP contribution in [0.4, 0.5) is 0 Å². The zero-order valence-electron chi connectivity index (χ0n) is 8.29. The summed E-state index contributed by atoms with van der Waals surface area (Å²) in [5, 5.41) is 7.92. The molecule has 0 spiro atoms. The lowest BCUT2D eigenvalue weighted by Crippen LogP contribution is -2.26. The van der Waals surface area contributed by atoms with E-state index in [4.69, 9.17) is 27.5 Å². The molecule has 0 aliphatic heterocycles. The van der Waals surface area contributed by atoms with Crippen LogP contribution < -0.4 is 10.5 Å². The summed E-state index contributed by atoms with van der Waals surface area (Å²) < 4.78 is 5.72. The number of ether oxygens (including phenoxy) is 1. The molecule has 3 N–H and O–H groups in total. The number of nitrogen functional groups attached to an aromatic ring is 1. The van der Waals surface area contributed by atoms with Gasteiger partial charge < -0.3 is 10.5 Å². The summed E-state index contributed by atoms with van der Waals surface area (Å²) in [7, 11) is 0. The molecule has 1 aliphatic rings. The number of benzene rings is 1. The van der Waals surface area contributed by atoms with Crippen LogP contribution in [-0.2, 0) is 0 Å². The van der Waals surface area contributed by atoms with Gasteiger partial charge in [-0.25, -0.2) is 0 Å². The van der Waals surface area contributed by atoms with Crippen molar-refractivity contribution >= 4 is 17.4 Å². The molecule has 3 nitrogen and oxygen atoms in total. The number of nitrogens with two attached hydrogens (primary N) is 1. The van der Waals surface area contributed by atoms with Crippen LogP contribution in [0, 0.1) is 5.41 Å². The lowest BCUT2D eigenvalue weighted by atomic mass is 9.96. The maximum atomic E-state index is 7.45. The molecule has 1 fully saturated rings. The molecule has 1 aliphatic carbocycles. The van der Waals surface area contributed by atoms with Gasteiger partial charge in [-0.1, -0.05) is 17.7 Å². The molecule has 4 heteroatoms. The number of amidine groups is 1. The van der Waals surface area contributed by atoms with Gasteiger partial charge in [0.05, 0.1) is 16.7 Å². The number of nitrogens with one attached hydrogen (secondary N) is 1. The van der Waals surface area contributed by atoms with E-state index >= 15 is 0 Å². The Morgan fingerprint density at radius 1 is 1.47 bits per heavy atom. The van der Waals surface area contributed by atoms with Crippen molar-refractivity contribution in [2.24, 2.45) is 5.73 Å². The van der Waals surface area contributed by atoms with Gasteiger partial charge in [0.1, 0.15) is 11.6 Å². The molecule has 1 aromatic carbocycles. The second-order valence-corrected chi connectivity index (χ2v) is 4.10. The van der Waals surface area contributed by atoms with E-state index in [2.05, 4.69) is 0 Å². The molecule has 0 amide bonds. The third-order valence-electron chi connectivity index (χ3n) is 2.59. The predicted octanol–water partition coefficient (Wildman–Crippen LogP) is 2.56. The molecular formula is C11H13ClN2O. The molecule has 0 saturated heterocycles. The minimum Gasteiger partial charge on any atom is -0.490 e. The Bertz CT molecular complexity index is 388. The van der Waals surface area contributed by atoms with Gasteiger partial charge in [-0.15, -0.1) is 0 Å². The smallest absolute Gasteiger partial charge is 0.132 e. The van der Waals surface area contributed by atoms with Crippen LogP contribution in [0.15, 0.2) is 18.2 Å². The summed E-state index contributed by atoms with van der Waals surface area (Å²) in [6.45, 7) is 0. The Balaban J connectivity index is 2.27. The van der Waals surface area contributed by atoms with Crippen molar-refractivity contribution in [3.8, 4) is 5.75 Å². The Labute approximate surface area is 93.7 Å².